The Bertz CT molecular complexity index is 3220. The number of amides is 8. The smallest absolute Gasteiger partial charge is 0.321 e. The van der Waals surface area contributed by atoms with Gasteiger partial charge >= 0.3 is 18.1 Å². The Balaban J connectivity index is 0.000000593. The molecule has 12 N–H and O–H groups in total. The van der Waals surface area contributed by atoms with Gasteiger partial charge in [-0.2, -0.15) is 0 Å². The molecule has 4 aromatic heterocycles. The van der Waals surface area contributed by atoms with Crippen molar-refractivity contribution in [2.75, 3.05) is 47.4 Å². The number of nitrogens with one attached hydrogen (secondary N) is 12. The van der Waals surface area contributed by atoms with E-state index in [2.05, 4.69) is 86.7 Å². The number of carbonyl (C=O) groups excluding carboxylic acids is 8. The van der Waals surface area contributed by atoms with Crippen molar-refractivity contribution < 1.29 is 71.1 Å². The molecule has 4 heterocycles. The van der Waals surface area contributed by atoms with Crippen molar-refractivity contribution in [1.29, 1.82) is 0 Å². The predicted molar refractivity (Wildman–Crippen MR) is 323 cm³/mol. The van der Waals surface area contributed by atoms with Crippen LogP contribution >= 0.6 is 0 Å². The molecular weight excluding hydrogens is 1220 g/mol. The SMILES string of the molecule is CC(C)c1cc(=O)[nH]c(NC(=O)NCCCCCCN=C=O)n1.Cc1cc(=O)[nH]c(NC(=O)NC2CCC(CC3CCC(N=C=O)CC3)CC2)n1.Cc1cc(=O)[nH]c(NC(=O)NCCCCCCN=C=O)n1.Cc1cc(=O)[nH]c(NC([NH-])=O)n1.[N-]=C=O.[Y]. The van der Waals surface area contributed by atoms with E-state index in [9.17, 15) is 52.7 Å². The van der Waals surface area contributed by atoms with E-state index in [4.69, 9.17) is 15.9 Å². The minimum atomic E-state index is -1.01. The van der Waals surface area contributed by atoms with Crippen molar-refractivity contribution in [3.63, 3.8) is 0 Å². The molecule has 0 unspecified atom stereocenters. The summed E-state index contributed by atoms with van der Waals surface area (Å²) < 4.78 is 0. The Morgan fingerprint density at radius 2 is 0.932 bits per heavy atom. The fraction of sp³-hybridized carbons (Fsp3) is 0.564. The number of aromatic amines is 4. The van der Waals surface area contributed by atoms with Gasteiger partial charge in [-0.3, -0.25) is 59.7 Å². The average molecular weight is 1300 g/mol. The summed E-state index contributed by atoms with van der Waals surface area (Å²) in [5.74, 6) is 2.00. The first kappa shape index (κ1) is 77.2. The Hall–Kier alpha value is -8.78. The van der Waals surface area contributed by atoms with E-state index in [1.165, 1.54) is 42.8 Å². The number of H-pyrrole nitrogens is 4. The van der Waals surface area contributed by atoms with Gasteiger partial charge in [0.1, 0.15) is 5.95 Å². The van der Waals surface area contributed by atoms with E-state index >= 15 is 0 Å². The van der Waals surface area contributed by atoms with E-state index < -0.39 is 18.1 Å². The molecule has 4 aromatic rings. The normalized spacial score (nSPS) is 15.1. The number of nitrogens with zero attached hydrogens (tertiary/aromatic N) is 8. The van der Waals surface area contributed by atoms with Gasteiger partial charge in [0, 0.05) is 93.2 Å². The molecule has 475 valence electrons. The number of rotatable bonds is 23. The van der Waals surface area contributed by atoms with Crippen LogP contribution in [0.4, 0.5) is 43.0 Å². The van der Waals surface area contributed by atoms with Crippen LogP contribution in [0.1, 0.15) is 152 Å². The summed E-state index contributed by atoms with van der Waals surface area (Å²) in [6.45, 7) is 10.9. The first-order valence-corrected chi connectivity index (χ1v) is 28.4. The van der Waals surface area contributed by atoms with Gasteiger partial charge in [0.25, 0.3) is 22.2 Å². The molecular formula is C55H78N20O12Y-2. The molecule has 33 heteroatoms. The maximum atomic E-state index is 12.2. The molecule has 2 aliphatic carbocycles. The summed E-state index contributed by atoms with van der Waals surface area (Å²) in [7, 11) is 0. The van der Waals surface area contributed by atoms with Crippen molar-refractivity contribution in [2.45, 2.75) is 162 Å². The molecule has 0 bridgehead atoms. The minimum absolute atomic E-state index is 0. The predicted octanol–water partition coefficient (Wildman–Crippen LogP) is 6.60. The molecule has 2 aliphatic rings. The fourth-order valence-corrected chi connectivity index (χ4v) is 8.92. The van der Waals surface area contributed by atoms with Crippen LogP contribution in [0, 0.1) is 32.6 Å². The Kier molecular flexibility index (Phi) is 40.0. The molecule has 0 aromatic carbocycles. The van der Waals surface area contributed by atoms with Gasteiger partial charge in [0.05, 0.1) is 24.8 Å². The number of aliphatic imine (C=N–C) groups is 3. The summed E-state index contributed by atoms with van der Waals surface area (Å²) >= 11 is 0. The van der Waals surface area contributed by atoms with Crippen LogP contribution in [0.15, 0.2) is 58.4 Å². The third-order valence-electron chi connectivity index (χ3n) is 12.9. The Morgan fingerprint density at radius 3 is 1.32 bits per heavy atom. The Labute approximate surface area is 531 Å². The summed E-state index contributed by atoms with van der Waals surface area (Å²) in [5.41, 5.74) is 7.51. The summed E-state index contributed by atoms with van der Waals surface area (Å²) in [6, 6.07) is 3.63. The standard InChI is InChI=1S/C20H29N5O3.C15H23N5O3.C13H19N5O3.C6H8N4O2.CNO.Y/c1-13-10-18(27)24-19(22-13)25-20(28)23-17-8-4-15(5-9-17)11-14-2-6-16(7-3-14)21-12-26;1-11(2)12-9-13(22)19-14(18-12)20-15(23)17-8-6-4-3-5-7-16-10-21;1-10-8-11(20)17-12(16-10)18-13(21)15-7-5-3-2-4-6-14-9-19;1-3-2-4(11)9-6(8-3)10-5(7)12;2-1-3;/h10,14-17H,2-9,11H2,1H3,(H3,22,23,24,25,27,28);9,11H,3-8H2,1-2H3,(H3,17,18,19,20,22,23);8H,2-7H2,1H3,(H3,15,16,17,18,20,21);2H,1H3,(H4,7,8,9,10,11,12);;/q;;;;-1;/p-1. The molecule has 0 aliphatic heterocycles. The number of isocyanates is 4. The second-order valence-electron chi connectivity index (χ2n) is 20.4. The van der Waals surface area contributed by atoms with Crippen molar-refractivity contribution in [3.05, 3.63) is 99.6 Å². The average Bonchev–Trinajstić information content (AvgIpc) is 3.66. The largest absolute Gasteiger partial charge is 0.724 e. The van der Waals surface area contributed by atoms with Crippen LogP contribution in [-0.4, -0.2) is 127 Å². The minimum Gasteiger partial charge on any atom is -0.724 e. The number of urea groups is 4. The van der Waals surface area contributed by atoms with Gasteiger partial charge in [-0.25, -0.2) is 63.7 Å². The van der Waals surface area contributed by atoms with Crippen molar-refractivity contribution >= 4 is 72.2 Å². The van der Waals surface area contributed by atoms with E-state index in [1.807, 2.05) is 19.2 Å². The van der Waals surface area contributed by atoms with Crippen molar-refractivity contribution in [3.8, 4) is 0 Å². The molecule has 0 spiro atoms. The third-order valence-corrected chi connectivity index (χ3v) is 12.9. The zero-order valence-electron chi connectivity index (χ0n) is 50.1. The fourth-order valence-electron chi connectivity index (χ4n) is 8.92. The topological polar surface area (TPSA) is 487 Å². The quantitative estimate of drug-likeness (QED) is 0.0212. The van der Waals surface area contributed by atoms with Crippen molar-refractivity contribution in [1.82, 2.24) is 55.8 Å². The van der Waals surface area contributed by atoms with Crippen LogP contribution in [0.3, 0.4) is 0 Å². The molecule has 0 atom stereocenters. The molecule has 2 fully saturated rings. The molecule has 32 nitrogen and oxygen atoms in total. The number of carbonyl (C=O) groups is 4. The number of anilines is 4. The maximum Gasteiger partial charge on any atom is 0.321 e. The second kappa shape index (κ2) is 45.5. The number of hydrogen-bond donors (Lipinski definition) is 11. The molecule has 88 heavy (non-hydrogen) atoms. The van der Waals surface area contributed by atoms with Crippen LogP contribution in [0.5, 0.6) is 0 Å². The first-order valence-electron chi connectivity index (χ1n) is 28.4. The van der Waals surface area contributed by atoms with Crippen LogP contribution < -0.4 is 59.5 Å². The Morgan fingerprint density at radius 1 is 0.557 bits per heavy atom. The molecule has 8 amide bonds. The van der Waals surface area contributed by atoms with Gasteiger partial charge in [-0.05, 0) is 128 Å². The summed E-state index contributed by atoms with van der Waals surface area (Å²) in [4.78, 5) is 165. The van der Waals surface area contributed by atoms with Crippen molar-refractivity contribution in [2.24, 2.45) is 26.8 Å². The van der Waals surface area contributed by atoms with Gasteiger partial charge in [-0.1, -0.05) is 39.5 Å². The first-order chi connectivity index (χ1) is 41.6. The van der Waals surface area contributed by atoms with Gasteiger partial charge < -0.3 is 37.4 Å². The van der Waals surface area contributed by atoms with Gasteiger partial charge in [0.2, 0.25) is 36.1 Å². The van der Waals surface area contributed by atoms with Crippen LogP contribution in [0.2, 0.25) is 0 Å². The monoisotopic (exact) mass is 1300 g/mol. The number of aromatic nitrogens is 8. The summed E-state index contributed by atoms with van der Waals surface area (Å²) in [6.07, 6.45) is 22.0. The third kappa shape index (κ3) is 36.9. The van der Waals surface area contributed by atoms with Crippen LogP contribution in [0.25, 0.3) is 11.1 Å². The maximum absolute atomic E-state index is 12.2. The van der Waals surface area contributed by atoms with E-state index in [0.717, 1.165) is 109 Å². The molecule has 6 rings (SSSR count). The molecule has 1 radical (unpaired) electrons. The van der Waals surface area contributed by atoms with E-state index in [-0.39, 0.29) is 103 Å². The van der Waals surface area contributed by atoms with E-state index in [1.54, 1.807) is 26.9 Å². The number of aryl methyl sites for hydroxylation is 3. The van der Waals surface area contributed by atoms with Crippen LogP contribution in [-0.2, 0) is 51.9 Å². The second-order valence-corrected chi connectivity index (χ2v) is 20.4. The number of unbranched alkanes of at least 4 members (excludes halogenated alkanes) is 6. The summed E-state index contributed by atoms with van der Waals surface area (Å²) in [5, 5.41) is 24.8. The van der Waals surface area contributed by atoms with E-state index in [0.29, 0.717) is 61.0 Å². The molecule has 2 saturated carbocycles. The molecule has 0 saturated heterocycles. The zero-order chi connectivity index (χ0) is 64.4. The zero-order valence-corrected chi connectivity index (χ0v) is 52.9. The number of hydrogen-bond acceptors (Lipinski definition) is 19. The van der Waals surface area contributed by atoms with Gasteiger partial charge in [0.15, 0.2) is 6.03 Å². The van der Waals surface area contributed by atoms with Gasteiger partial charge in [-0.15, -0.1) is 0 Å².